The van der Waals surface area contributed by atoms with Crippen molar-refractivity contribution in [2.75, 3.05) is 23.9 Å². The smallest absolute Gasteiger partial charge is 0.433 e. The van der Waals surface area contributed by atoms with Gasteiger partial charge in [-0.2, -0.15) is 32.0 Å². The van der Waals surface area contributed by atoms with Crippen LogP contribution < -0.4 is 15.0 Å². The molecule has 1 fully saturated rings. The van der Waals surface area contributed by atoms with Crippen LogP contribution in [-0.4, -0.2) is 44.5 Å². The number of carbonyl (C=O) groups excluding carboxylic acids is 1. The maximum absolute atomic E-state index is 13.8. The first-order valence-corrected chi connectivity index (χ1v) is 10.8. The van der Waals surface area contributed by atoms with E-state index >= 15 is 0 Å². The normalized spacial score (nSPS) is 15.9. The lowest BCUT2D eigenvalue weighted by molar-refractivity contribution is -0.152. The van der Waals surface area contributed by atoms with Crippen molar-refractivity contribution in [1.29, 1.82) is 0 Å². The van der Waals surface area contributed by atoms with Crippen LogP contribution in [0.25, 0.3) is 0 Å². The molecule has 4 heterocycles. The molecule has 0 bridgehead atoms. The van der Waals surface area contributed by atoms with E-state index in [4.69, 9.17) is 9.47 Å². The zero-order valence-corrected chi connectivity index (χ0v) is 19.1. The highest BCUT2D eigenvalue weighted by atomic mass is 19.4. The Bertz CT molecular complexity index is 1240. The van der Waals surface area contributed by atoms with Gasteiger partial charge in [-0.3, -0.25) is 10.2 Å². The van der Waals surface area contributed by atoms with Crippen molar-refractivity contribution in [3.05, 3.63) is 53.5 Å². The zero-order chi connectivity index (χ0) is 26.7. The quantitative estimate of drug-likeness (QED) is 0.370. The van der Waals surface area contributed by atoms with Crippen molar-refractivity contribution in [3.8, 4) is 6.01 Å². The molecule has 0 spiro atoms. The highest BCUT2D eigenvalue weighted by Gasteiger charge is 2.38. The van der Waals surface area contributed by atoms with Crippen LogP contribution in [0.4, 0.5) is 42.6 Å². The number of nitrogens with zero attached hydrogens (tertiary/aromatic N) is 6. The number of halogens is 6. The van der Waals surface area contributed by atoms with Gasteiger partial charge in [-0.15, -0.1) is 0 Å². The minimum Gasteiger partial charge on any atom is -0.467 e. The molecule has 16 heteroatoms. The molecule has 198 valence electrons. The van der Waals surface area contributed by atoms with Crippen LogP contribution >= 0.6 is 0 Å². The van der Waals surface area contributed by atoms with E-state index in [1.54, 1.807) is 0 Å². The highest BCUT2D eigenvalue weighted by molar-refractivity contribution is 6.00. The van der Waals surface area contributed by atoms with E-state index in [-0.39, 0.29) is 24.0 Å². The topological polar surface area (TPSA) is 107 Å². The van der Waals surface area contributed by atoms with Crippen LogP contribution in [-0.2, 0) is 17.5 Å². The molecule has 1 aliphatic heterocycles. The number of methoxy groups -OCH3 is 1. The lowest BCUT2D eigenvalue weighted by atomic mass is 10.2. The Hall–Kier alpha value is -3.95. The second kappa shape index (κ2) is 10.6. The van der Waals surface area contributed by atoms with Gasteiger partial charge in [0.15, 0.2) is 12.0 Å². The van der Waals surface area contributed by atoms with E-state index in [9.17, 15) is 31.1 Å². The van der Waals surface area contributed by atoms with E-state index in [0.717, 1.165) is 28.0 Å². The molecule has 4 rings (SSSR count). The number of aromatic nitrogens is 5. The van der Waals surface area contributed by atoms with Gasteiger partial charge in [0.2, 0.25) is 5.82 Å². The number of alkyl halides is 3. The second-order valence-electron chi connectivity index (χ2n) is 7.82. The number of nitrogens with one attached hydrogen (secondary N) is 1. The number of carbonyl (C=O) groups is 1. The van der Waals surface area contributed by atoms with E-state index < -0.39 is 54.1 Å². The minimum atomic E-state index is -4.77. The fourth-order valence-electron chi connectivity index (χ4n) is 3.58. The molecular formula is C21H19F6N7O3. The molecule has 0 saturated carbocycles. The van der Waals surface area contributed by atoms with E-state index in [0.29, 0.717) is 25.3 Å². The van der Waals surface area contributed by atoms with Gasteiger partial charge < -0.3 is 9.47 Å². The molecule has 1 aliphatic rings. The molecule has 0 radical (unpaired) electrons. The Morgan fingerprint density at radius 1 is 1.22 bits per heavy atom. The number of anilines is 2. The summed E-state index contributed by atoms with van der Waals surface area (Å²) in [4.78, 5) is 24.7. The Kier molecular flexibility index (Phi) is 7.47. The number of urea groups is 1. The van der Waals surface area contributed by atoms with Gasteiger partial charge in [-0.1, -0.05) is 0 Å². The SMILES string of the molecule is COc1ncc(N(Cc2cc(C(F)(F)F)n(C3CCCCO3)n2)C(=O)Nc2cc(F)c(F)c(F)n2)cn1. The van der Waals surface area contributed by atoms with Crippen LogP contribution in [0.2, 0.25) is 0 Å². The van der Waals surface area contributed by atoms with Crippen LogP contribution in [0.15, 0.2) is 24.5 Å². The first kappa shape index (κ1) is 26.1. The van der Waals surface area contributed by atoms with Crippen molar-refractivity contribution in [3.63, 3.8) is 0 Å². The summed E-state index contributed by atoms with van der Waals surface area (Å²) in [6, 6.07) is 0.0452. The van der Waals surface area contributed by atoms with Crippen LogP contribution in [0.1, 0.15) is 36.9 Å². The van der Waals surface area contributed by atoms with Gasteiger partial charge in [0.25, 0.3) is 5.95 Å². The number of amides is 2. The predicted molar refractivity (Wildman–Crippen MR) is 114 cm³/mol. The molecule has 3 aromatic rings. The summed E-state index contributed by atoms with van der Waals surface area (Å²) in [5.41, 5.74) is -1.29. The summed E-state index contributed by atoms with van der Waals surface area (Å²) >= 11 is 0. The molecule has 1 atom stereocenters. The molecule has 3 aromatic heterocycles. The molecular weight excluding hydrogens is 512 g/mol. The van der Waals surface area contributed by atoms with Crippen molar-refractivity contribution >= 4 is 17.5 Å². The summed E-state index contributed by atoms with van der Waals surface area (Å²) < 4.78 is 92.7. The average Bonchev–Trinajstić information content (AvgIpc) is 3.31. The molecule has 2 amide bonds. The average molecular weight is 531 g/mol. The summed E-state index contributed by atoms with van der Waals surface area (Å²) in [6.45, 7) is -0.275. The monoisotopic (exact) mass is 531 g/mol. The Balaban J connectivity index is 1.68. The zero-order valence-electron chi connectivity index (χ0n) is 19.1. The van der Waals surface area contributed by atoms with Gasteiger partial charge >= 0.3 is 18.2 Å². The molecule has 1 unspecified atom stereocenters. The maximum Gasteiger partial charge on any atom is 0.433 e. The van der Waals surface area contributed by atoms with Gasteiger partial charge in [0, 0.05) is 12.7 Å². The van der Waals surface area contributed by atoms with Crippen molar-refractivity contribution in [2.45, 2.75) is 38.2 Å². The number of rotatable bonds is 6. The third-order valence-corrected chi connectivity index (χ3v) is 5.29. The van der Waals surface area contributed by atoms with Crippen LogP contribution in [0.5, 0.6) is 6.01 Å². The largest absolute Gasteiger partial charge is 0.467 e. The molecule has 1 N–H and O–H groups in total. The molecule has 37 heavy (non-hydrogen) atoms. The van der Waals surface area contributed by atoms with Crippen molar-refractivity contribution in [2.24, 2.45) is 0 Å². The summed E-state index contributed by atoms with van der Waals surface area (Å²) in [5, 5.41) is 6.10. The summed E-state index contributed by atoms with van der Waals surface area (Å²) in [6.07, 6.45) is -1.78. The fourth-order valence-corrected chi connectivity index (χ4v) is 3.58. The number of pyridine rings is 1. The standard InChI is InChI=1S/C21H19F6N7O3/c1-36-19-28-8-12(9-29-19)33(20(35)31-15-7-13(22)17(23)18(24)30-15)10-11-6-14(21(25,26)27)34(32-11)16-4-2-3-5-37-16/h6-9,16H,2-5,10H2,1H3,(H,30,31,35). The molecule has 0 aliphatic carbocycles. The molecule has 1 saturated heterocycles. The molecule has 0 aromatic carbocycles. The van der Waals surface area contributed by atoms with E-state index in [1.807, 2.05) is 0 Å². The van der Waals surface area contributed by atoms with Crippen molar-refractivity contribution < 1.29 is 40.6 Å². The lowest BCUT2D eigenvalue weighted by Crippen LogP contribution is -2.35. The number of hydrogen-bond acceptors (Lipinski definition) is 7. The van der Waals surface area contributed by atoms with Gasteiger partial charge in [0.1, 0.15) is 11.5 Å². The third-order valence-electron chi connectivity index (χ3n) is 5.29. The Morgan fingerprint density at radius 3 is 2.54 bits per heavy atom. The number of ether oxygens (including phenoxy) is 2. The van der Waals surface area contributed by atoms with Gasteiger partial charge in [-0.05, 0) is 25.3 Å². The number of hydrogen-bond donors (Lipinski definition) is 1. The molecule has 10 nitrogen and oxygen atoms in total. The predicted octanol–water partition coefficient (Wildman–Crippen LogP) is 4.45. The van der Waals surface area contributed by atoms with E-state index in [2.05, 4.69) is 25.4 Å². The fraction of sp³-hybridized carbons (Fsp3) is 0.381. The summed E-state index contributed by atoms with van der Waals surface area (Å²) in [5.74, 6) is -5.93. The van der Waals surface area contributed by atoms with Crippen LogP contribution in [0.3, 0.4) is 0 Å². The van der Waals surface area contributed by atoms with Gasteiger partial charge in [-0.25, -0.2) is 23.8 Å². The minimum absolute atomic E-state index is 0.0293. The third kappa shape index (κ3) is 5.90. The Labute approximate surface area is 205 Å². The lowest BCUT2D eigenvalue weighted by Gasteiger charge is -2.25. The first-order chi connectivity index (χ1) is 17.6. The summed E-state index contributed by atoms with van der Waals surface area (Å²) in [7, 11) is 1.29. The second-order valence-corrected chi connectivity index (χ2v) is 7.82. The first-order valence-electron chi connectivity index (χ1n) is 10.8. The van der Waals surface area contributed by atoms with Crippen LogP contribution in [0, 0.1) is 17.6 Å². The maximum atomic E-state index is 13.8. The van der Waals surface area contributed by atoms with Gasteiger partial charge in [0.05, 0.1) is 37.4 Å². The van der Waals surface area contributed by atoms with E-state index in [1.165, 1.54) is 7.11 Å². The highest BCUT2D eigenvalue weighted by Crippen LogP contribution is 2.34. The van der Waals surface area contributed by atoms with Crippen molar-refractivity contribution in [1.82, 2.24) is 24.7 Å². The Morgan fingerprint density at radius 2 is 1.95 bits per heavy atom.